The summed E-state index contributed by atoms with van der Waals surface area (Å²) in [6.45, 7) is -0.338. The highest BCUT2D eigenvalue weighted by Crippen LogP contribution is 2.26. The van der Waals surface area contributed by atoms with Gasteiger partial charge in [0, 0.05) is 0 Å². The number of thiol groups is 2. The van der Waals surface area contributed by atoms with Crippen molar-refractivity contribution in [3.05, 3.63) is 0 Å². The lowest BCUT2D eigenvalue weighted by atomic mass is 10.0. The van der Waals surface area contributed by atoms with Crippen LogP contribution < -0.4 is 0 Å². The third-order valence-corrected chi connectivity index (χ3v) is 3.12. The standard InChI is InChI=1S/C6H12O4S2/c7-1-2-3(8)4(9)5(11)6(12)10-2/h2-9,11-12H,1H2/t2-,3-,4+,5+,6+/m1/s1. The third kappa shape index (κ3) is 1.89. The molecule has 0 aromatic heterocycles. The Hall–Kier alpha value is 0.540. The van der Waals surface area contributed by atoms with Crippen molar-refractivity contribution in [1.82, 2.24) is 0 Å². The topological polar surface area (TPSA) is 69.9 Å². The van der Waals surface area contributed by atoms with E-state index in [1.54, 1.807) is 0 Å². The average molecular weight is 212 g/mol. The van der Waals surface area contributed by atoms with Gasteiger partial charge in [0.2, 0.25) is 0 Å². The van der Waals surface area contributed by atoms with Crippen LogP contribution >= 0.6 is 25.3 Å². The van der Waals surface area contributed by atoms with Crippen molar-refractivity contribution in [2.45, 2.75) is 29.0 Å². The zero-order chi connectivity index (χ0) is 9.30. The molecule has 0 saturated carbocycles. The van der Waals surface area contributed by atoms with Gasteiger partial charge in [-0.05, 0) is 0 Å². The number of rotatable bonds is 1. The molecule has 1 aliphatic heterocycles. The lowest BCUT2D eigenvalue weighted by Crippen LogP contribution is -2.55. The van der Waals surface area contributed by atoms with Gasteiger partial charge in [-0.3, -0.25) is 0 Å². The molecule has 1 fully saturated rings. The Morgan fingerprint density at radius 1 is 1.17 bits per heavy atom. The second-order valence-corrected chi connectivity index (χ2v) is 3.82. The summed E-state index contributed by atoms with van der Waals surface area (Å²) in [5.41, 5.74) is -0.566. The van der Waals surface area contributed by atoms with Crippen LogP contribution in [0.5, 0.6) is 0 Å². The Labute approximate surface area is 81.4 Å². The molecule has 0 aromatic rings. The Morgan fingerprint density at radius 3 is 2.25 bits per heavy atom. The van der Waals surface area contributed by atoms with Gasteiger partial charge in [-0.2, -0.15) is 12.6 Å². The largest absolute Gasteiger partial charge is 0.394 e. The lowest BCUT2D eigenvalue weighted by Gasteiger charge is -2.38. The summed E-state index contributed by atoms with van der Waals surface area (Å²) < 4.78 is 5.06. The van der Waals surface area contributed by atoms with Gasteiger partial charge < -0.3 is 20.1 Å². The van der Waals surface area contributed by atoms with Crippen LogP contribution in [0.15, 0.2) is 0 Å². The minimum atomic E-state index is -1.10. The molecule has 3 N–H and O–H groups in total. The van der Waals surface area contributed by atoms with Crippen molar-refractivity contribution in [1.29, 1.82) is 0 Å². The molecule has 1 rings (SSSR count). The van der Waals surface area contributed by atoms with Gasteiger partial charge in [0.05, 0.1) is 18.0 Å². The minimum absolute atomic E-state index is 0.338. The van der Waals surface area contributed by atoms with E-state index < -0.39 is 29.0 Å². The fourth-order valence-electron chi connectivity index (χ4n) is 1.08. The Kier molecular flexibility index (Phi) is 3.69. The van der Waals surface area contributed by atoms with E-state index in [0.717, 1.165) is 0 Å². The van der Waals surface area contributed by atoms with Crippen LogP contribution in [0.2, 0.25) is 0 Å². The van der Waals surface area contributed by atoms with Gasteiger partial charge in [-0.15, -0.1) is 12.6 Å². The summed E-state index contributed by atoms with van der Waals surface area (Å²) in [5.74, 6) is 0. The molecule has 12 heavy (non-hydrogen) atoms. The second-order valence-electron chi connectivity index (χ2n) is 2.72. The Bertz CT molecular complexity index is 152. The van der Waals surface area contributed by atoms with Gasteiger partial charge >= 0.3 is 0 Å². The quantitative estimate of drug-likeness (QED) is 0.349. The molecule has 6 heteroatoms. The zero-order valence-corrected chi connectivity index (χ0v) is 8.03. The molecule has 1 aliphatic rings. The maximum atomic E-state index is 9.35. The summed E-state index contributed by atoms with van der Waals surface area (Å²) in [5, 5.41) is 26.9. The van der Waals surface area contributed by atoms with Crippen LogP contribution in [0.3, 0.4) is 0 Å². The fraction of sp³-hybridized carbons (Fsp3) is 1.00. The molecule has 4 nitrogen and oxygen atoms in total. The first-order chi connectivity index (χ1) is 5.57. The lowest BCUT2D eigenvalue weighted by molar-refractivity contribution is -0.152. The molecule has 1 saturated heterocycles. The summed E-state index contributed by atoms with van der Waals surface area (Å²) in [6.07, 6.45) is -2.88. The first-order valence-electron chi connectivity index (χ1n) is 3.56. The summed E-state index contributed by atoms with van der Waals surface area (Å²) in [7, 11) is 0. The van der Waals surface area contributed by atoms with E-state index in [0.29, 0.717) is 0 Å². The van der Waals surface area contributed by atoms with Crippen LogP contribution in [-0.2, 0) is 4.74 Å². The molecule has 0 amide bonds. The Morgan fingerprint density at radius 2 is 1.75 bits per heavy atom. The monoisotopic (exact) mass is 212 g/mol. The van der Waals surface area contributed by atoms with Crippen molar-refractivity contribution in [3.8, 4) is 0 Å². The van der Waals surface area contributed by atoms with Crippen LogP contribution in [-0.4, -0.2) is 50.9 Å². The highest BCUT2D eigenvalue weighted by atomic mass is 32.1. The molecule has 0 aromatic carbocycles. The zero-order valence-electron chi connectivity index (χ0n) is 6.24. The summed E-state index contributed by atoms with van der Waals surface area (Å²) in [6, 6.07) is 0. The number of hydrogen-bond acceptors (Lipinski definition) is 6. The first-order valence-corrected chi connectivity index (χ1v) is 4.59. The number of hydrogen-bond donors (Lipinski definition) is 5. The molecule has 72 valence electrons. The summed E-state index contributed by atoms with van der Waals surface area (Å²) >= 11 is 7.99. The van der Waals surface area contributed by atoms with E-state index in [-0.39, 0.29) is 6.61 Å². The molecule has 0 unspecified atom stereocenters. The highest BCUT2D eigenvalue weighted by Gasteiger charge is 2.40. The number of aliphatic hydroxyl groups is 3. The van der Waals surface area contributed by atoms with Crippen molar-refractivity contribution in [2.24, 2.45) is 0 Å². The van der Waals surface area contributed by atoms with E-state index in [1.807, 2.05) is 0 Å². The van der Waals surface area contributed by atoms with Crippen LogP contribution in [0, 0.1) is 0 Å². The molecule has 0 radical (unpaired) electrons. The molecule has 0 aliphatic carbocycles. The molecule has 0 bridgehead atoms. The van der Waals surface area contributed by atoms with Crippen LogP contribution in [0.1, 0.15) is 0 Å². The maximum absolute atomic E-state index is 9.35. The van der Waals surface area contributed by atoms with Crippen molar-refractivity contribution in [3.63, 3.8) is 0 Å². The van der Waals surface area contributed by atoms with Crippen molar-refractivity contribution in [2.75, 3.05) is 6.61 Å². The SMILES string of the molecule is OC[C@H]1O[C@@H](S)[C@@H](S)[C@@H](O)[C@@H]1O. The maximum Gasteiger partial charge on any atom is 0.115 e. The van der Waals surface area contributed by atoms with Gasteiger partial charge in [-0.25, -0.2) is 0 Å². The van der Waals surface area contributed by atoms with Gasteiger partial charge in [0.15, 0.2) is 0 Å². The minimum Gasteiger partial charge on any atom is -0.394 e. The first kappa shape index (κ1) is 10.6. The highest BCUT2D eigenvalue weighted by molar-refractivity contribution is 7.85. The predicted octanol–water partition coefficient (Wildman–Crippen LogP) is -1.35. The van der Waals surface area contributed by atoms with Gasteiger partial charge in [-0.1, -0.05) is 0 Å². The molecular weight excluding hydrogens is 200 g/mol. The van der Waals surface area contributed by atoms with Crippen molar-refractivity contribution < 1.29 is 20.1 Å². The number of ether oxygens (including phenoxy) is 1. The van der Waals surface area contributed by atoms with E-state index in [9.17, 15) is 10.2 Å². The van der Waals surface area contributed by atoms with E-state index in [4.69, 9.17) is 9.84 Å². The average Bonchev–Trinajstić information content (AvgIpc) is 2.08. The van der Waals surface area contributed by atoms with Gasteiger partial charge in [0.25, 0.3) is 0 Å². The Balaban J connectivity index is 2.63. The molecular formula is C6H12O4S2. The molecule has 5 atom stereocenters. The molecule has 0 spiro atoms. The third-order valence-electron chi connectivity index (χ3n) is 1.87. The van der Waals surface area contributed by atoms with Crippen LogP contribution in [0.4, 0.5) is 0 Å². The van der Waals surface area contributed by atoms with Crippen molar-refractivity contribution >= 4 is 25.3 Å². The van der Waals surface area contributed by atoms with Gasteiger partial charge in [0.1, 0.15) is 17.6 Å². The van der Waals surface area contributed by atoms with E-state index >= 15 is 0 Å². The predicted molar refractivity (Wildman–Crippen MR) is 49.5 cm³/mol. The normalized spacial score (nSPS) is 49.2. The number of aliphatic hydroxyl groups excluding tert-OH is 3. The summed E-state index contributed by atoms with van der Waals surface area (Å²) in [4.78, 5) is 0. The van der Waals surface area contributed by atoms with Crippen LogP contribution in [0.25, 0.3) is 0 Å². The van der Waals surface area contributed by atoms with E-state index in [1.165, 1.54) is 0 Å². The fourth-order valence-corrected chi connectivity index (χ4v) is 1.66. The molecule has 1 heterocycles. The smallest absolute Gasteiger partial charge is 0.115 e. The second kappa shape index (κ2) is 4.17. The van der Waals surface area contributed by atoms with E-state index in [2.05, 4.69) is 25.3 Å².